The number of carbonyl (C=O) groups is 1. The van der Waals surface area contributed by atoms with Crippen LogP contribution in [0.25, 0.3) is 21.8 Å². The number of nitrogens with one attached hydrogen (secondary N) is 1. The Kier molecular flexibility index (Phi) is 8.06. The first-order valence-corrected chi connectivity index (χ1v) is 13.7. The van der Waals surface area contributed by atoms with E-state index < -0.39 is 0 Å². The number of nitrogens with zero attached hydrogens (tertiary/aromatic N) is 4. The van der Waals surface area contributed by atoms with Gasteiger partial charge in [-0.2, -0.15) is 5.10 Å². The van der Waals surface area contributed by atoms with Crippen molar-refractivity contribution in [1.82, 2.24) is 14.8 Å². The number of fused-ring (bicyclic) bond motifs is 3. The predicted molar refractivity (Wildman–Crippen MR) is 157 cm³/mol. The molecule has 0 spiro atoms. The molecule has 0 bridgehead atoms. The fourth-order valence-corrected chi connectivity index (χ4v) is 4.76. The summed E-state index contributed by atoms with van der Waals surface area (Å²) in [7, 11) is 2.12. The average molecular weight is 522 g/mol. The summed E-state index contributed by atoms with van der Waals surface area (Å²) >= 11 is 0. The molecule has 7 heteroatoms. The molecule has 5 rings (SSSR count). The number of likely N-dealkylation sites (N-methyl/N-ethyl adjacent to an activating group) is 1. The van der Waals surface area contributed by atoms with E-state index >= 15 is 0 Å². The van der Waals surface area contributed by atoms with Gasteiger partial charge in [0.15, 0.2) is 0 Å². The van der Waals surface area contributed by atoms with Crippen LogP contribution in [-0.4, -0.2) is 40.9 Å². The van der Waals surface area contributed by atoms with Crippen LogP contribution in [0.4, 0.5) is 5.69 Å². The van der Waals surface area contributed by atoms with E-state index in [0.29, 0.717) is 23.3 Å². The first-order chi connectivity index (χ1) is 19.1. The maximum Gasteiger partial charge on any atom is 0.281 e. The number of aryl methyl sites for hydroxylation is 1. The maximum atomic E-state index is 13.2. The topological polar surface area (TPSA) is 75.5 Å². The van der Waals surface area contributed by atoms with Gasteiger partial charge in [-0.1, -0.05) is 49.7 Å². The molecule has 0 saturated carbocycles. The van der Waals surface area contributed by atoms with E-state index in [1.165, 1.54) is 5.56 Å². The normalized spacial score (nSPS) is 11.8. The van der Waals surface area contributed by atoms with Crippen LogP contribution in [0.1, 0.15) is 42.6 Å². The zero-order valence-corrected chi connectivity index (χ0v) is 22.9. The SMILES string of the molecule is CCCCOc1ccccc1C(=O)N=c1cccc2c(c1)[nH]c1c(N(C)CCc3cnn(CC)c3)cccc12. The minimum atomic E-state index is -0.315. The molecular weight excluding hydrogens is 486 g/mol. The number of amides is 1. The Balaban J connectivity index is 1.45. The second kappa shape index (κ2) is 12.0. The molecule has 2 aromatic heterocycles. The summed E-state index contributed by atoms with van der Waals surface area (Å²) in [6.07, 6.45) is 6.94. The number of rotatable bonds is 10. The molecule has 0 aliphatic carbocycles. The fourth-order valence-electron chi connectivity index (χ4n) is 4.76. The highest BCUT2D eigenvalue weighted by Gasteiger charge is 2.13. The third-order valence-electron chi connectivity index (χ3n) is 6.97. The Labute approximate surface area is 228 Å². The molecule has 1 N–H and O–H groups in total. The summed E-state index contributed by atoms with van der Waals surface area (Å²) < 4.78 is 7.82. The molecule has 0 unspecified atom stereocenters. The van der Waals surface area contributed by atoms with Crippen LogP contribution in [0.5, 0.6) is 5.75 Å². The molecule has 1 amide bonds. The van der Waals surface area contributed by atoms with Crippen LogP contribution >= 0.6 is 0 Å². The van der Waals surface area contributed by atoms with Crippen molar-refractivity contribution in [3.05, 3.63) is 95.6 Å². The van der Waals surface area contributed by atoms with Crippen LogP contribution in [0.3, 0.4) is 0 Å². The van der Waals surface area contributed by atoms with Crippen LogP contribution in [0, 0.1) is 0 Å². The summed E-state index contributed by atoms with van der Waals surface area (Å²) in [5, 5.41) is 7.20. The molecule has 0 aliphatic rings. The number of H-pyrrole nitrogens is 1. The van der Waals surface area contributed by atoms with Crippen molar-refractivity contribution in [3.63, 3.8) is 0 Å². The molecule has 0 fully saturated rings. The molecule has 0 saturated heterocycles. The molecular formula is C32H35N5O2. The molecule has 3 aromatic carbocycles. The van der Waals surface area contributed by atoms with E-state index in [2.05, 4.69) is 71.3 Å². The number of benzene rings is 2. The van der Waals surface area contributed by atoms with E-state index in [0.717, 1.165) is 59.8 Å². The summed E-state index contributed by atoms with van der Waals surface area (Å²) in [4.78, 5) is 23.5. The Morgan fingerprint density at radius 2 is 1.87 bits per heavy atom. The van der Waals surface area contributed by atoms with Gasteiger partial charge >= 0.3 is 0 Å². The van der Waals surface area contributed by atoms with Crippen LogP contribution in [-0.2, 0) is 13.0 Å². The van der Waals surface area contributed by atoms with Crippen LogP contribution < -0.4 is 15.0 Å². The minimum absolute atomic E-state index is 0.315. The number of hydrogen-bond acceptors (Lipinski definition) is 4. The van der Waals surface area contributed by atoms with Crippen LogP contribution in [0.15, 0.2) is 84.1 Å². The van der Waals surface area contributed by atoms with Crippen molar-refractivity contribution in [2.24, 2.45) is 4.99 Å². The second-order valence-electron chi connectivity index (χ2n) is 9.74. The monoisotopic (exact) mass is 521 g/mol. The Morgan fingerprint density at radius 3 is 2.69 bits per heavy atom. The Morgan fingerprint density at radius 1 is 1.05 bits per heavy atom. The number of aromatic nitrogens is 3. The lowest BCUT2D eigenvalue weighted by Crippen LogP contribution is -2.20. The molecule has 0 aliphatic heterocycles. The van der Waals surface area contributed by atoms with Crippen molar-refractivity contribution in [1.29, 1.82) is 0 Å². The molecule has 200 valence electrons. The molecule has 0 radical (unpaired) electrons. The maximum absolute atomic E-state index is 13.2. The smallest absolute Gasteiger partial charge is 0.281 e. The van der Waals surface area contributed by atoms with E-state index in [9.17, 15) is 4.79 Å². The summed E-state index contributed by atoms with van der Waals surface area (Å²) in [5.41, 5.74) is 4.83. The fraction of sp³-hybridized carbons (Fsp3) is 0.281. The lowest BCUT2D eigenvalue weighted by Gasteiger charge is -2.19. The number of para-hydroxylation sites is 2. The predicted octanol–water partition coefficient (Wildman–Crippen LogP) is 6.14. The van der Waals surface area contributed by atoms with Gasteiger partial charge in [0.2, 0.25) is 0 Å². The van der Waals surface area contributed by atoms with Gasteiger partial charge in [0.1, 0.15) is 5.75 Å². The molecule has 2 heterocycles. The minimum Gasteiger partial charge on any atom is -0.493 e. The Bertz CT molecular complexity index is 1670. The standard InChI is InChI=1S/C32H35N5O2/c1-4-6-19-39-30-16-8-7-12-27(30)32(38)34-24-11-9-13-25-26-14-10-15-29(31(26)35-28(25)20-24)36(3)18-17-23-21-33-37(5-2)22-23/h7-16,20-22,35H,4-6,17-19H2,1-3H3. The van der Waals surface area contributed by atoms with E-state index in [1.807, 2.05) is 47.3 Å². The summed E-state index contributed by atoms with van der Waals surface area (Å²) in [6.45, 7) is 6.53. The summed E-state index contributed by atoms with van der Waals surface area (Å²) in [5.74, 6) is 0.259. The number of hydrogen-bond donors (Lipinski definition) is 1. The van der Waals surface area contributed by atoms with Gasteiger partial charge in [0.05, 0.1) is 34.9 Å². The largest absolute Gasteiger partial charge is 0.493 e. The second-order valence-corrected chi connectivity index (χ2v) is 9.74. The molecule has 7 nitrogen and oxygen atoms in total. The van der Waals surface area contributed by atoms with E-state index in [-0.39, 0.29) is 5.91 Å². The third-order valence-corrected chi connectivity index (χ3v) is 6.97. The van der Waals surface area contributed by atoms with Gasteiger partial charge < -0.3 is 14.6 Å². The zero-order valence-electron chi connectivity index (χ0n) is 22.9. The number of unbranched alkanes of at least 4 members (excludes halogenated alkanes) is 1. The lowest BCUT2D eigenvalue weighted by atomic mass is 10.1. The van der Waals surface area contributed by atoms with E-state index in [4.69, 9.17) is 4.74 Å². The first kappa shape index (κ1) is 26.2. The van der Waals surface area contributed by atoms with Gasteiger partial charge in [0.25, 0.3) is 5.91 Å². The molecule has 39 heavy (non-hydrogen) atoms. The van der Waals surface area contributed by atoms with Gasteiger partial charge in [-0.25, -0.2) is 4.99 Å². The third kappa shape index (κ3) is 5.87. The average Bonchev–Trinajstić information content (AvgIpc) is 3.50. The first-order valence-electron chi connectivity index (χ1n) is 13.7. The number of ether oxygens (including phenoxy) is 1. The molecule has 5 aromatic rings. The van der Waals surface area contributed by atoms with Crippen molar-refractivity contribution in [2.75, 3.05) is 25.1 Å². The zero-order chi connectivity index (χ0) is 27.2. The number of anilines is 1. The van der Waals surface area contributed by atoms with Gasteiger partial charge in [-0.3, -0.25) is 9.48 Å². The van der Waals surface area contributed by atoms with Crippen molar-refractivity contribution in [3.8, 4) is 5.75 Å². The van der Waals surface area contributed by atoms with Crippen molar-refractivity contribution in [2.45, 2.75) is 39.7 Å². The Hall–Kier alpha value is -4.39. The number of aromatic amines is 1. The quantitative estimate of drug-likeness (QED) is 0.224. The summed E-state index contributed by atoms with van der Waals surface area (Å²) in [6, 6.07) is 21.5. The van der Waals surface area contributed by atoms with Gasteiger partial charge in [-0.05, 0) is 55.7 Å². The van der Waals surface area contributed by atoms with E-state index in [1.54, 1.807) is 6.07 Å². The lowest BCUT2D eigenvalue weighted by molar-refractivity contribution is 0.0994. The van der Waals surface area contributed by atoms with Gasteiger partial charge in [-0.15, -0.1) is 0 Å². The van der Waals surface area contributed by atoms with Crippen LogP contribution in [0.2, 0.25) is 0 Å². The highest BCUT2D eigenvalue weighted by Crippen LogP contribution is 2.31. The molecule has 0 atom stereocenters. The number of carbonyl (C=O) groups excluding carboxylic acids is 1. The highest BCUT2D eigenvalue weighted by molar-refractivity contribution is 6.11. The van der Waals surface area contributed by atoms with Crippen molar-refractivity contribution < 1.29 is 9.53 Å². The van der Waals surface area contributed by atoms with Gasteiger partial charge in [0, 0.05) is 42.6 Å². The highest BCUT2D eigenvalue weighted by atomic mass is 16.5. The van der Waals surface area contributed by atoms with Crippen molar-refractivity contribution >= 4 is 33.4 Å².